The molecule has 1 aromatic heterocycles. The summed E-state index contributed by atoms with van der Waals surface area (Å²) in [5.41, 5.74) is -0.471. The van der Waals surface area contributed by atoms with Gasteiger partial charge in [0.25, 0.3) is 0 Å². The Hall–Kier alpha value is -1.29. The molecule has 1 atom stereocenters. The number of hydrogen-bond donors (Lipinski definition) is 1. The third-order valence-corrected chi connectivity index (χ3v) is 3.30. The molecule has 4 nitrogen and oxygen atoms in total. The number of fused-ring (bicyclic) bond motifs is 1. The van der Waals surface area contributed by atoms with E-state index in [4.69, 9.17) is 4.42 Å². The van der Waals surface area contributed by atoms with Gasteiger partial charge in [-0.2, -0.15) is 13.2 Å². The van der Waals surface area contributed by atoms with Crippen molar-refractivity contribution in [1.29, 1.82) is 0 Å². The van der Waals surface area contributed by atoms with Crippen molar-refractivity contribution < 1.29 is 32.2 Å². The normalized spacial score (nSPS) is 13.5. The highest BCUT2D eigenvalue weighted by Gasteiger charge is 2.41. The van der Waals surface area contributed by atoms with E-state index in [2.05, 4.69) is 4.74 Å². The van der Waals surface area contributed by atoms with Crippen LogP contribution in [0, 0.1) is 3.57 Å². The number of aliphatic hydroxyl groups excluding tert-OH is 1. The highest BCUT2D eigenvalue weighted by atomic mass is 127. The lowest BCUT2D eigenvalue weighted by molar-refractivity contribution is -0.206. The van der Waals surface area contributed by atoms with Crippen LogP contribution in [0.5, 0.6) is 0 Å². The van der Waals surface area contributed by atoms with Gasteiger partial charge in [-0.3, -0.25) is 0 Å². The standard InChI is InChI=1S/C12H8F3IO4/c1-19-11(18)7-3-5(16)2-6-8(4-20-9(6)7)10(17)12(13,14)15/h2-4,10,17H,1H3. The average molecular weight is 400 g/mol. The molecule has 0 saturated heterocycles. The lowest BCUT2D eigenvalue weighted by Gasteiger charge is -2.13. The van der Waals surface area contributed by atoms with E-state index >= 15 is 0 Å². The zero-order valence-corrected chi connectivity index (χ0v) is 12.2. The predicted molar refractivity (Wildman–Crippen MR) is 71.3 cm³/mol. The Kier molecular flexibility index (Phi) is 3.96. The van der Waals surface area contributed by atoms with Crippen molar-refractivity contribution in [2.45, 2.75) is 12.3 Å². The number of methoxy groups -OCH3 is 1. The molecular formula is C12H8F3IO4. The van der Waals surface area contributed by atoms with Crippen LogP contribution in [0.3, 0.4) is 0 Å². The van der Waals surface area contributed by atoms with E-state index in [1.165, 1.54) is 12.1 Å². The maximum Gasteiger partial charge on any atom is 0.418 e. The zero-order chi connectivity index (χ0) is 15.1. The smallest absolute Gasteiger partial charge is 0.418 e. The highest BCUT2D eigenvalue weighted by Crippen LogP contribution is 2.38. The first-order valence-corrected chi connectivity index (χ1v) is 6.37. The van der Waals surface area contributed by atoms with Crippen molar-refractivity contribution in [2.24, 2.45) is 0 Å². The molecule has 0 saturated carbocycles. The van der Waals surface area contributed by atoms with Crippen LogP contribution in [-0.4, -0.2) is 24.4 Å². The number of hydrogen-bond acceptors (Lipinski definition) is 4. The first kappa shape index (κ1) is 15.1. The lowest BCUT2D eigenvalue weighted by Crippen LogP contribution is -2.19. The fraction of sp³-hybridized carbons (Fsp3) is 0.250. The Morgan fingerprint density at radius 1 is 1.45 bits per heavy atom. The third kappa shape index (κ3) is 2.62. The number of rotatable bonds is 2. The molecule has 8 heteroatoms. The minimum absolute atomic E-state index is 0.00928. The molecule has 1 aromatic carbocycles. The van der Waals surface area contributed by atoms with Crippen LogP contribution in [0.15, 0.2) is 22.8 Å². The van der Waals surface area contributed by atoms with Crippen molar-refractivity contribution >= 4 is 39.5 Å². The maximum absolute atomic E-state index is 12.6. The fourth-order valence-corrected chi connectivity index (χ4v) is 2.39. The van der Waals surface area contributed by atoms with Gasteiger partial charge in [0.1, 0.15) is 11.1 Å². The van der Waals surface area contributed by atoms with Gasteiger partial charge in [0.15, 0.2) is 6.10 Å². The molecule has 1 heterocycles. The molecule has 0 aliphatic rings. The molecule has 0 amide bonds. The first-order valence-electron chi connectivity index (χ1n) is 5.29. The zero-order valence-electron chi connectivity index (χ0n) is 9.99. The SMILES string of the molecule is COC(=O)c1cc(I)cc2c(C(O)C(F)(F)F)coc12. The van der Waals surface area contributed by atoms with Gasteiger partial charge in [-0.25, -0.2) is 4.79 Å². The number of esters is 1. The van der Waals surface area contributed by atoms with Gasteiger partial charge in [0, 0.05) is 14.5 Å². The summed E-state index contributed by atoms with van der Waals surface area (Å²) in [6.07, 6.45) is -6.69. The average Bonchev–Trinajstić information content (AvgIpc) is 2.78. The first-order chi connectivity index (χ1) is 9.25. The minimum atomic E-state index is -4.82. The van der Waals surface area contributed by atoms with Crippen LogP contribution < -0.4 is 0 Å². The van der Waals surface area contributed by atoms with Crippen molar-refractivity contribution in [1.82, 2.24) is 0 Å². The molecular weight excluding hydrogens is 392 g/mol. The molecule has 2 rings (SSSR count). The van der Waals surface area contributed by atoms with E-state index in [9.17, 15) is 23.1 Å². The van der Waals surface area contributed by atoms with Crippen LogP contribution in [-0.2, 0) is 4.74 Å². The second-order valence-corrected chi connectivity index (χ2v) is 5.20. The summed E-state index contributed by atoms with van der Waals surface area (Å²) in [4.78, 5) is 11.6. The quantitative estimate of drug-likeness (QED) is 0.620. The van der Waals surface area contributed by atoms with Crippen molar-refractivity contribution in [3.05, 3.63) is 33.1 Å². The van der Waals surface area contributed by atoms with Crippen LogP contribution in [0.4, 0.5) is 13.2 Å². The van der Waals surface area contributed by atoms with E-state index in [1.807, 2.05) is 22.6 Å². The number of benzene rings is 1. The Balaban J connectivity index is 2.67. The number of ether oxygens (including phenoxy) is 1. The summed E-state index contributed by atoms with van der Waals surface area (Å²) in [5.74, 6) is -0.726. The molecule has 20 heavy (non-hydrogen) atoms. The molecule has 0 aliphatic heterocycles. The van der Waals surface area contributed by atoms with Crippen molar-refractivity contribution in [2.75, 3.05) is 7.11 Å². The number of halogens is 4. The molecule has 0 aliphatic carbocycles. The summed E-state index contributed by atoms with van der Waals surface area (Å²) in [6.45, 7) is 0. The van der Waals surface area contributed by atoms with Gasteiger partial charge >= 0.3 is 12.1 Å². The second-order valence-electron chi connectivity index (χ2n) is 3.96. The fourth-order valence-electron chi connectivity index (χ4n) is 1.77. The maximum atomic E-state index is 12.6. The van der Waals surface area contributed by atoms with Crippen LogP contribution in [0.25, 0.3) is 11.0 Å². The molecule has 1 N–H and O–H groups in total. The minimum Gasteiger partial charge on any atom is -0.465 e. The van der Waals surface area contributed by atoms with Gasteiger partial charge in [-0.15, -0.1) is 0 Å². The highest BCUT2D eigenvalue weighted by molar-refractivity contribution is 14.1. The Morgan fingerprint density at radius 2 is 2.10 bits per heavy atom. The summed E-state index contributed by atoms with van der Waals surface area (Å²) in [7, 11) is 1.16. The largest absolute Gasteiger partial charge is 0.465 e. The Morgan fingerprint density at radius 3 is 2.65 bits per heavy atom. The third-order valence-electron chi connectivity index (χ3n) is 2.68. The molecule has 0 fully saturated rings. The van der Waals surface area contributed by atoms with Crippen LogP contribution in [0.1, 0.15) is 22.0 Å². The number of alkyl halides is 3. The van der Waals surface area contributed by atoms with E-state index in [0.717, 1.165) is 13.4 Å². The van der Waals surface area contributed by atoms with Gasteiger partial charge < -0.3 is 14.3 Å². The van der Waals surface area contributed by atoms with Crippen LogP contribution >= 0.6 is 22.6 Å². The van der Waals surface area contributed by atoms with E-state index in [0.29, 0.717) is 3.57 Å². The number of furan rings is 1. The van der Waals surface area contributed by atoms with Gasteiger partial charge in [-0.05, 0) is 34.7 Å². The molecule has 0 bridgehead atoms. The molecule has 0 spiro atoms. The van der Waals surface area contributed by atoms with Gasteiger partial charge in [-0.1, -0.05) is 0 Å². The van der Waals surface area contributed by atoms with Gasteiger partial charge in [0.2, 0.25) is 0 Å². The molecule has 2 aromatic rings. The number of carbonyl (C=O) groups is 1. The Bertz CT molecular complexity index is 663. The van der Waals surface area contributed by atoms with E-state index < -0.39 is 23.8 Å². The molecule has 1 unspecified atom stereocenters. The lowest BCUT2D eigenvalue weighted by atomic mass is 10.1. The van der Waals surface area contributed by atoms with Crippen LogP contribution in [0.2, 0.25) is 0 Å². The number of carbonyl (C=O) groups excluding carboxylic acids is 1. The summed E-state index contributed by atoms with van der Waals surface area (Å²) in [6, 6.07) is 2.83. The monoisotopic (exact) mass is 400 g/mol. The van der Waals surface area contributed by atoms with Crippen molar-refractivity contribution in [3.8, 4) is 0 Å². The summed E-state index contributed by atoms with van der Waals surface area (Å²) >= 11 is 1.85. The molecule has 108 valence electrons. The summed E-state index contributed by atoms with van der Waals surface area (Å²) < 4.78 is 47.8. The molecule has 0 radical (unpaired) electrons. The van der Waals surface area contributed by atoms with E-state index in [-0.39, 0.29) is 16.5 Å². The number of aliphatic hydroxyl groups is 1. The predicted octanol–water partition coefficient (Wildman–Crippen LogP) is 3.42. The van der Waals surface area contributed by atoms with Gasteiger partial charge in [0.05, 0.1) is 13.4 Å². The topological polar surface area (TPSA) is 59.7 Å². The van der Waals surface area contributed by atoms with Crippen molar-refractivity contribution in [3.63, 3.8) is 0 Å². The summed E-state index contributed by atoms with van der Waals surface area (Å²) in [5, 5.41) is 9.35. The Labute approximate surface area is 124 Å². The second kappa shape index (κ2) is 5.24. The van der Waals surface area contributed by atoms with E-state index in [1.54, 1.807) is 0 Å².